The van der Waals surface area contributed by atoms with E-state index in [1.54, 1.807) is 0 Å². The largest absolute Gasteiger partial charge is 0.285 e. The van der Waals surface area contributed by atoms with Gasteiger partial charge >= 0.3 is 0 Å². The van der Waals surface area contributed by atoms with E-state index in [1.165, 1.54) is 11.1 Å². The van der Waals surface area contributed by atoms with Crippen molar-refractivity contribution in [3.05, 3.63) is 42.0 Å². The van der Waals surface area contributed by atoms with E-state index in [0.29, 0.717) is 0 Å². The third-order valence-electron chi connectivity index (χ3n) is 4.00. The highest BCUT2D eigenvalue weighted by molar-refractivity contribution is 5.42. The molecule has 0 atom stereocenters. The fourth-order valence-electron chi connectivity index (χ4n) is 2.14. The van der Waals surface area contributed by atoms with E-state index in [4.69, 9.17) is 0 Å². The summed E-state index contributed by atoms with van der Waals surface area (Å²) in [6, 6.07) is 0. The zero-order valence-electron chi connectivity index (χ0n) is 13.9. The molecular weight excluding hydrogens is 260 g/mol. The Kier molecular flexibility index (Phi) is 4.08. The molecule has 4 nitrogen and oxygen atoms in total. The first kappa shape index (κ1) is 15.5. The summed E-state index contributed by atoms with van der Waals surface area (Å²) < 4.78 is 1.96. The van der Waals surface area contributed by atoms with Crippen LogP contribution in [0.15, 0.2) is 30.9 Å². The van der Waals surface area contributed by atoms with Gasteiger partial charge in [0.05, 0.1) is 12.4 Å². The summed E-state index contributed by atoms with van der Waals surface area (Å²) in [5, 5.41) is 11.4. The van der Waals surface area contributed by atoms with Crippen LogP contribution >= 0.6 is 0 Å². The Morgan fingerprint density at radius 2 is 1.90 bits per heavy atom. The lowest BCUT2D eigenvalue weighted by atomic mass is 9.83. The van der Waals surface area contributed by atoms with Gasteiger partial charge in [-0.15, -0.1) is 0 Å². The van der Waals surface area contributed by atoms with Crippen molar-refractivity contribution in [1.29, 1.82) is 0 Å². The van der Waals surface area contributed by atoms with Crippen LogP contribution in [-0.4, -0.2) is 20.0 Å². The van der Waals surface area contributed by atoms with Crippen LogP contribution in [0.1, 0.15) is 59.1 Å². The quantitative estimate of drug-likeness (QED) is 0.918. The number of nitrogens with one attached hydrogen (secondary N) is 1. The van der Waals surface area contributed by atoms with E-state index in [9.17, 15) is 0 Å². The van der Waals surface area contributed by atoms with Crippen molar-refractivity contribution in [2.45, 2.75) is 58.8 Å². The zero-order valence-corrected chi connectivity index (χ0v) is 13.9. The lowest BCUT2D eigenvalue weighted by molar-refractivity contribution is 0.533. The summed E-state index contributed by atoms with van der Waals surface area (Å²) in [7, 11) is 0. The second kappa shape index (κ2) is 5.51. The van der Waals surface area contributed by atoms with E-state index in [2.05, 4.69) is 69.1 Å². The SMILES string of the molecule is C/C(=C/CC(C)(C)c1cn[nH]c1)n1cc(C(C)(C)C)cn1. The molecule has 0 fully saturated rings. The molecule has 1 N–H and O–H groups in total. The van der Waals surface area contributed by atoms with E-state index < -0.39 is 0 Å². The van der Waals surface area contributed by atoms with Crippen molar-refractivity contribution in [2.75, 3.05) is 0 Å². The van der Waals surface area contributed by atoms with Gasteiger partial charge in [-0.1, -0.05) is 40.7 Å². The van der Waals surface area contributed by atoms with Crippen molar-refractivity contribution in [3.8, 4) is 0 Å². The number of rotatable bonds is 4. The van der Waals surface area contributed by atoms with Gasteiger partial charge in [0, 0.05) is 18.1 Å². The fraction of sp³-hybridized carbons (Fsp3) is 0.529. The van der Waals surface area contributed by atoms with Crippen LogP contribution < -0.4 is 0 Å². The van der Waals surface area contributed by atoms with Gasteiger partial charge in [0.1, 0.15) is 0 Å². The van der Waals surface area contributed by atoms with Crippen LogP contribution in [0.5, 0.6) is 0 Å². The van der Waals surface area contributed by atoms with Gasteiger partial charge in [-0.05, 0) is 35.3 Å². The second-order valence-electron chi connectivity index (χ2n) is 7.34. The van der Waals surface area contributed by atoms with Gasteiger partial charge in [-0.3, -0.25) is 5.10 Å². The average Bonchev–Trinajstić information content (AvgIpc) is 3.05. The molecule has 2 heterocycles. The number of H-pyrrole nitrogens is 1. The minimum atomic E-state index is 0.0638. The van der Waals surface area contributed by atoms with Crippen LogP contribution in [0.25, 0.3) is 5.70 Å². The normalized spacial score (nSPS) is 13.7. The molecule has 0 saturated heterocycles. The van der Waals surface area contributed by atoms with Gasteiger partial charge in [-0.2, -0.15) is 10.2 Å². The third-order valence-corrected chi connectivity index (χ3v) is 4.00. The molecule has 2 aromatic heterocycles. The molecule has 2 aromatic rings. The third kappa shape index (κ3) is 3.63. The summed E-state index contributed by atoms with van der Waals surface area (Å²) >= 11 is 0. The Morgan fingerprint density at radius 3 is 2.43 bits per heavy atom. The van der Waals surface area contributed by atoms with Crippen LogP contribution in [0.4, 0.5) is 0 Å². The molecule has 0 spiro atoms. The molecule has 0 radical (unpaired) electrons. The van der Waals surface area contributed by atoms with Gasteiger partial charge in [0.2, 0.25) is 0 Å². The highest BCUT2D eigenvalue weighted by atomic mass is 15.3. The Hall–Kier alpha value is -1.84. The summed E-state index contributed by atoms with van der Waals surface area (Å²) in [5.41, 5.74) is 3.83. The first-order valence-corrected chi connectivity index (χ1v) is 7.42. The maximum absolute atomic E-state index is 4.48. The maximum Gasteiger partial charge on any atom is 0.0531 e. The van der Waals surface area contributed by atoms with Crippen LogP contribution in [0.3, 0.4) is 0 Å². The molecule has 0 aromatic carbocycles. The minimum absolute atomic E-state index is 0.0638. The topological polar surface area (TPSA) is 46.5 Å². The molecule has 114 valence electrons. The monoisotopic (exact) mass is 286 g/mol. The van der Waals surface area contributed by atoms with Crippen molar-refractivity contribution >= 4 is 5.70 Å². The Balaban J connectivity index is 2.13. The summed E-state index contributed by atoms with van der Waals surface area (Å²) in [6.45, 7) is 13.2. The average molecular weight is 286 g/mol. The summed E-state index contributed by atoms with van der Waals surface area (Å²) in [5.74, 6) is 0. The zero-order chi connectivity index (χ0) is 15.7. The number of hydrogen-bond acceptors (Lipinski definition) is 2. The van der Waals surface area contributed by atoms with Gasteiger partial charge in [-0.25, -0.2) is 4.68 Å². The van der Waals surface area contributed by atoms with Crippen molar-refractivity contribution in [3.63, 3.8) is 0 Å². The molecule has 0 amide bonds. The number of nitrogens with zero attached hydrogens (tertiary/aromatic N) is 3. The first-order chi connectivity index (χ1) is 9.70. The molecule has 0 bridgehead atoms. The van der Waals surface area contributed by atoms with Crippen LogP contribution in [0, 0.1) is 0 Å². The number of allylic oxidation sites excluding steroid dienone is 2. The minimum Gasteiger partial charge on any atom is -0.285 e. The Labute approximate surface area is 127 Å². The molecule has 0 aliphatic rings. The highest BCUT2D eigenvalue weighted by Crippen LogP contribution is 2.28. The molecular formula is C17H26N4. The predicted octanol–water partition coefficient (Wildman–Crippen LogP) is 4.13. The van der Waals surface area contributed by atoms with Crippen molar-refractivity contribution in [2.24, 2.45) is 0 Å². The molecule has 2 rings (SSSR count). The van der Waals surface area contributed by atoms with E-state index in [1.807, 2.05) is 23.3 Å². The Morgan fingerprint density at radius 1 is 1.19 bits per heavy atom. The maximum atomic E-state index is 4.48. The number of hydrogen-bond donors (Lipinski definition) is 1. The fourth-order valence-corrected chi connectivity index (χ4v) is 2.14. The molecule has 0 aliphatic carbocycles. The summed E-state index contributed by atoms with van der Waals surface area (Å²) in [6.07, 6.45) is 11.1. The van der Waals surface area contributed by atoms with Crippen molar-refractivity contribution in [1.82, 2.24) is 20.0 Å². The molecule has 0 saturated carbocycles. The molecule has 4 heteroatoms. The van der Waals surface area contributed by atoms with E-state index >= 15 is 0 Å². The molecule has 0 aliphatic heterocycles. The number of aromatic nitrogens is 4. The standard InChI is InChI=1S/C17H26N4/c1-13(21-12-15(11-20-21)16(2,3)4)7-8-17(5,6)14-9-18-19-10-14/h7,9-12H,8H2,1-6H3,(H,18,19)/b13-7-. The Bertz CT molecular complexity index is 610. The smallest absolute Gasteiger partial charge is 0.0531 e. The first-order valence-electron chi connectivity index (χ1n) is 7.42. The molecule has 0 unspecified atom stereocenters. The van der Waals surface area contributed by atoms with Crippen LogP contribution in [-0.2, 0) is 10.8 Å². The van der Waals surface area contributed by atoms with Gasteiger partial charge < -0.3 is 0 Å². The number of aromatic amines is 1. The van der Waals surface area contributed by atoms with Gasteiger partial charge in [0.15, 0.2) is 0 Å². The summed E-state index contributed by atoms with van der Waals surface area (Å²) in [4.78, 5) is 0. The molecule has 21 heavy (non-hydrogen) atoms. The van der Waals surface area contributed by atoms with Gasteiger partial charge in [0.25, 0.3) is 0 Å². The van der Waals surface area contributed by atoms with E-state index in [0.717, 1.165) is 12.1 Å². The van der Waals surface area contributed by atoms with Crippen molar-refractivity contribution < 1.29 is 0 Å². The van der Waals surface area contributed by atoms with E-state index in [-0.39, 0.29) is 10.8 Å². The second-order valence-corrected chi connectivity index (χ2v) is 7.34. The van der Waals surface area contributed by atoms with Crippen LogP contribution in [0.2, 0.25) is 0 Å². The highest BCUT2D eigenvalue weighted by Gasteiger charge is 2.20. The lowest BCUT2D eigenvalue weighted by Crippen LogP contribution is -2.15. The predicted molar refractivity (Wildman–Crippen MR) is 87.1 cm³/mol. The lowest BCUT2D eigenvalue weighted by Gasteiger charge is -2.21.